The Morgan fingerprint density at radius 3 is 2.32 bits per heavy atom. The molecule has 0 aliphatic carbocycles. The SMILES string of the molecule is CC(C)c1ccccc1OCOCc1ccccc1. The summed E-state index contributed by atoms with van der Waals surface area (Å²) < 4.78 is 11.2. The van der Waals surface area contributed by atoms with Crippen LogP contribution in [0.2, 0.25) is 0 Å². The summed E-state index contributed by atoms with van der Waals surface area (Å²) in [6.07, 6.45) is 0. The minimum atomic E-state index is 0.276. The van der Waals surface area contributed by atoms with Crippen molar-refractivity contribution in [2.75, 3.05) is 6.79 Å². The van der Waals surface area contributed by atoms with E-state index < -0.39 is 0 Å². The van der Waals surface area contributed by atoms with Crippen molar-refractivity contribution >= 4 is 0 Å². The number of ether oxygens (including phenoxy) is 2. The number of rotatable bonds is 6. The summed E-state index contributed by atoms with van der Waals surface area (Å²) >= 11 is 0. The average Bonchev–Trinajstić information content (AvgIpc) is 2.45. The summed E-state index contributed by atoms with van der Waals surface area (Å²) in [5, 5.41) is 0. The Hall–Kier alpha value is -1.80. The van der Waals surface area contributed by atoms with Gasteiger partial charge in [-0.25, -0.2) is 0 Å². The highest BCUT2D eigenvalue weighted by atomic mass is 16.7. The molecule has 2 aromatic rings. The summed E-state index contributed by atoms with van der Waals surface area (Å²) in [5.41, 5.74) is 2.37. The van der Waals surface area contributed by atoms with Crippen LogP contribution in [-0.4, -0.2) is 6.79 Å². The smallest absolute Gasteiger partial charge is 0.189 e. The predicted molar refractivity (Wildman–Crippen MR) is 77.3 cm³/mol. The van der Waals surface area contributed by atoms with Crippen LogP contribution in [0.25, 0.3) is 0 Å². The fourth-order valence-electron chi connectivity index (χ4n) is 1.93. The Morgan fingerprint density at radius 1 is 0.895 bits per heavy atom. The van der Waals surface area contributed by atoms with Crippen LogP contribution in [0.4, 0.5) is 0 Å². The first-order valence-corrected chi connectivity index (χ1v) is 6.61. The Labute approximate surface area is 115 Å². The van der Waals surface area contributed by atoms with E-state index in [0.29, 0.717) is 12.5 Å². The van der Waals surface area contributed by atoms with Crippen molar-refractivity contribution in [3.05, 3.63) is 65.7 Å². The van der Waals surface area contributed by atoms with E-state index >= 15 is 0 Å². The molecule has 2 aromatic carbocycles. The zero-order valence-electron chi connectivity index (χ0n) is 11.5. The molecular weight excluding hydrogens is 236 g/mol. The fourth-order valence-corrected chi connectivity index (χ4v) is 1.93. The molecule has 2 rings (SSSR count). The summed E-state index contributed by atoms with van der Waals surface area (Å²) in [6, 6.07) is 18.2. The second-order valence-electron chi connectivity index (χ2n) is 4.79. The first kappa shape index (κ1) is 13.6. The van der Waals surface area contributed by atoms with Gasteiger partial charge in [0.2, 0.25) is 0 Å². The molecule has 100 valence electrons. The van der Waals surface area contributed by atoms with Gasteiger partial charge in [-0.2, -0.15) is 0 Å². The maximum Gasteiger partial charge on any atom is 0.189 e. The summed E-state index contributed by atoms with van der Waals surface area (Å²) in [6.45, 7) is 5.17. The van der Waals surface area contributed by atoms with Gasteiger partial charge in [0, 0.05) is 0 Å². The molecule has 0 N–H and O–H groups in total. The van der Waals surface area contributed by atoms with Crippen molar-refractivity contribution in [1.82, 2.24) is 0 Å². The van der Waals surface area contributed by atoms with E-state index in [9.17, 15) is 0 Å². The lowest BCUT2D eigenvalue weighted by Crippen LogP contribution is -2.05. The summed E-state index contributed by atoms with van der Waals surface area (Å²) in [7, 11) is 0. The quantitative estimate of drug-likeness (QED) is 0.564. The molecule has 0 aromatic heterocycles. The van der Waals surface area contributed by atoms with Crippen molar-refractivity contribution in [1.29, 1.82) is 0 Å². The van der Waals surface area contributed by atoms with E-state index in [1.807, 2.05) is 48.5 Å². The highest BCUT2D eigenvalue weighted by molar-refractivity contribution is 5.35. The van der Waals surface area contributed by atoms with Gasteiger partial charge >= 0.3 is 0 Å². The van der Waals surface area contributed by atoms with E-state index in [4.69, 9.17) is 9.47 Å². The van der Waals surface area contributed by atoms with Crippen molar-refractivity contribution in [2.45, 2.75) is 26.4 Å². The molecule has 0 atom stereocenters. The lowest BCUT2D eigenvalue weighted by Gasteiger charge is -2.13. The molecular formula is C17H20O2. The van der Waals surface area contributed by atoms with E-state index in [1.54, 1.807) is 0 Å². The van der Waals surface area contributed by atoms with Gasteiger partial charge in [-0.05, 0) is 23.1 Å². The third-order valence-corrected chi connectivity index (χ3v) is 2.95. The molecule has 0 saturated carbocycles. The highest BCUT2D eigenvalue weighted by Gasteiger charge is 2.06. The van der Waals surface area contributed by atoms with Crippen LogP contribution in [0.15, 0.2) is 54.6 Å². The van der Waals surface area contributed by atoms with Gasteiger partial charge in [0.15, 0.2) is 6.79 Å². The molecule has 0 radical (unpaired) electrons. The molecule has 0 bridgehead atoms. The number of para-hydroxylation sites is 1. The monoisotopic (exact) mass is 256 g/mol. The highest BCUT2D eigenvalue weighted by Crippen LogP contribution is 2.25. The van der Waals surface area contributed by atoms with Crippen LogP contribution in [-0.2, 0) is 11.3 Å². The van der Waals surface area contributed by atoms with Crippen LogP contribution in [0, 0.1) is 0 Å². The van der Waals surface area contributed by atoms with Crippen LogP contribution >= 0.6 is 0 Å². The number of hydrogen-bond acceptors (Lipinski definition) is 2. The van der Waals surface area contributed by atoms with Gasteiger partial charge in [-0.15, -0.1) is 0 Å². The van der Waals surface area contributed by atoms with Crippen LogP contribution in [0.1, 0.15) is 30.9 Å². The van der Waals surface area contributed by atoms with Gasteiger partial charge < -0.3 is 9.47 Å². The summed E-state index contributed by atoms with van der Waals surface area (Å²) in [5.74, 6) is 1.36. The maximum atomic E-state index is 5.70. The van der Waals surface area contributed by atoms with Gasteiger partial charge in [0.05, 0.1) is 6.61 Å². The predicted octanol–water partition coefficient (Wildman–Crippen LogP) is 4.36. The molecule has 2 heteroatoms. The molecule has 2 nitrogen and oxygen atoms in total. The molecule has 0 unspecified atom stereocenters. The van der Waals surface area contributed by atoms with Gasteiger partial charge in [-0.1, -0.05) is 62.4 Å². The van der Waals surface area contributed by atoms with E-state index in [2.05, 4.69) is 19.9 Å². The van der Waals surface area contributed by atoms with Crippen molar-refractivity contribution in [3.63, 3.8) is 0 Å². The third kappa shape index (κ3) is 4.11. The van der Waals surface area contributed by atoms with Gasteiger partial charge in [0.1, 0.15) is 5.75 Å². The minimum Gasteiger partial charge on any atom is -0.467 e. The topological polar surface area (TPSA) is 18.5 Å². The number of benzene rings is 2. The first-order chi connectivity index (χ1) is 9.27. The first-order valence-electron chi connectivity index (χ1n) is 6.61. The normalized spacial score (nSPS) is 10.7. The maximum absolute atomic E-state index is 5.70. The van der Waals surface area contributed by atoms with E-state index in [1.165, 1.54) is 5.56 Å². The Balaban J connectivity index is 1.83. The molecule has 0 aliphatic rings. The molecule has 0 aliphatic heterocycles. The van der Waals surface area contributed by atoms with Gasteiger partial charge in [-0.3, -0.25) is 0 Å². The molecule has 0 fully saturated rings. The lowest BCUT2D eigenvalue weighted by molar-refractivity contribution is 0.00443. The Bertz CT molecular complexity index is 492. The molecule has 0 amide bonds. The minimum absolute atomic E-state index is 0.276. The summed E-state index contributed by atoms with van der Waals surface area (Å²) in [4.78, 5) is 0. The lowest BCUT2D eigenvalue weighted by atomic mass is 10.0. The van der Waals surface area contributed by atoms with Crippen LogP contribution < -0.4 is 4.74 Å². The molecule has 0 saturated heterocycles. The standard InChI is InChI=1S/C17H20O2/c1-14(2)16-10-6-7-11-17(16)19-13-18-12-15-8-4-3-5-9-15/h3-11,14H,12-13H2,1-2H3. The second kappa shape index (κ2) is 6.95. The van der Waals surface area contributed by atoms with Crippen LogP contribution in [0.5, 0.6) is 5.75 Å². The zero-order chi connectivity index (χ0) is 13.5. The van der Waals surface area contributed by atoms with E-state index in [-0.39, 0.29) is 6.79 Å². The Kier molecular flexibility index (Phi) is 4.99. The van der Waals surface area contributed by atoms with Crippen molar-refractivity contribution < 1.29 is 9.47 Å². The van der Waals surface area contributed by atoms with Gasteiger partial charge in [0.25, 0.3) is 0 Å². The molecule has 0 heterocycles. The molecule has 0 spiro atoms. The zero-order valence-corrected chi connectivity index (χ0v) is 11.5. The largest absolute Gasteiger partial charge is 0.467 e. The van der Waals surface area contributed by atoms with Crippen molar-refractivity contribution in [3.8, 4) is 5.75 Å². The second-order valence-corrected chi connectivity index (χ2v) is 4.79. The van der Waals surface area contributed by atoms with Crippen LogP contribution in [0.3, 0.4) is 0 Å². The van der Waals surface area contributed by atoms with Crippen molar-refractivity contribution in [2.24, 2.45) is 0 Å². The molecule has 19 heavy (non-hydrogen) atoms. The average molecular weight is 256 g/mol. The number of hydrogen-bond donors (Lipinski definition) is 0. The van der Waals surface area contributed by atoms with E-state index in [0.717, 1.165) is 11.3 Å². The fraction of sp³-hybridized carbons (Fsp3) is 0.294. The Morgan fingerprint density at radius 2 is 1.58 bits per heavy atom. The third-order valence-electron chi connectivity index (χ3n) is 2.95.